The Morgan fingerprint density at radius 3 is 1.49 bits per heavy atom. The third-order valence-corrected chi connectivity index (χ3v) is 12.5. The molecule has 72 heavy (non-hydrogen) atoms. The van der Waals surface area contributed by atoms with Crippen LogP contribution in [0.25, 0.3) is 0 Å². The summed E-state index contributed by atoms with van der Waals surface area (Å²) in [6.45, 7) is 1.31. The summed E-state index contributed by atoms with van der Waals surface area (Å²) in [6, 6.07) is 17.2. The van der Waals surface area contributed by atoms with Crippen molar-refractivity contribution in [3.05, 3.63) is 108 Å². The lowest BCUT2D eigenvalue weighted by Gasteiger charge is -2.32. The summed E-state index contributed by atoms with van der Waals surface area (Å²) in [4.78, 5) is 132. The van der Waals surface area contributed by atoms with E-state index in [9.17, 15) is 63.3 Å². The summed E-state index contributed by atoms with van der Waals surface area (Å²) in [5.41, 5.74) is 1.94. The zero-order valence-electron chi connectivity index (χ0n) is 40.0. The van der Waals surface area contributed by atoms with E-state index in [2.05, 4.69) is 49.8 Å². The number of thiol groups is 1. The minimum Gasteiger partial charge on any atom is -0.481 e. The van der Waals surface area contributed by atoms with Crippen LogP contribution in [0.5, 0.6) is 0 Å². The molecule has 21 heteroatoms. The molecule has 1 fully saturated rings. The van der Waals surface area contributed by atoms with Crippen LogP contribution >= 0.6 is 12.6 Å². The molecule has 388 valence electrons. The van der Waals surface area contributed by atoms with E-state index in [1.54, 1.807) is 60.7 Å². The van der Waals surface area contributed by atoms with E-state index >= 15 is 0 Å². The predicted molar refractivity (Wildman–Crippen MR) is 266 cm³/mol. The maximum absolute atomic E-state index is 15.0. The summed E-state index contributed by atoms with van der Waals surface area (Å²) in [7, 11) is 0. The molecule has 10 N–H and O–H groups in total. The maximum Gasteiger partial charge on any atom is 0.305 e. The van der Waals surface area contributed by atoms with E-state index in [1.165, 1.54) is 0 Å². The van der Waals surface area contributed by atoms with Crippen LogP contribution in [0.4, 0.5) is 0 Å². The van der Waals surface area contributed by atoms with Gasteiger partial charge in [0.2, 0.25) is 41.4 Å². The van der Waals surface area contributed by atoms with Crippen molar-refractivity contribution >= 4 is 71.9 Å². The molecule has 20 nitrogen and oxygen atoms in total. The van der Waals surface area contributed by atoms with Crippen molar-refractivity contribution < 1.29 is 63.3 Å². The van der Waals surface area contributed by atoms with Gasteiger partial charge in [-0.15, -0.1) is 0 Å². The lowest BCUT2D eigenvalue weighted by atomic mass is 9.84. The summed E-state index contributed by atoms with van der Waals surface area (Å²) in [6.07, 6.45) is 1.75. The Morgan fingerprint density at radius 1 is 0.528 bits per heavy atom. The van der Waals surface area contributed by atoms with E-state index in [4.69, 9.17) is 0 Å². The topological polar surface area (TPSA) is 316 Å². The van der Waals surface area contributed by atoms with Crippen LogP contribution in [0.15, 0.2) is 91.0 Å². The van der Waals surface area contributed by atoms with Gasteiger partial charge in [0.25, 0.3) is 0 Å². The summed E-state index contributed by atoms with van der Waals surface area (Å²) >= 11 is 4.32. The molecule has 0 aliphatic heterocycles. The van der Waals surface area contributed by atoms with Crippen LogP contribution in [0.3, 0.4) is 0 Å². The summed E-state index contributed by atoms with van der Waals surface area (Å²) < 4.78 is 0. The first-order valence-corrected chi connectivity index (χ1v) is 24.6. The van der Waals surface area contributed by atoms with Crippen molar-refractivity contribution in [1.82, 2.24) is 37.2 Å². The molecule has 0 radical (unpaired) electrons. The van der Waals surface area contributed by atoms with Crippen molar-refractivity contribution in [2.45, 2.75) is 126 Å². The molecule has 0 bridgehead atoms. The fourth-order valence-corrected chi connectivity index (χ4v) is 8.77. The van der Waals surface area contributed by atoms with Crippen LogP contribution in [0.1, 0.15) is 100 Å². The van der Waals surface area contributed by atoms with Gasteiger partial charge >= 0.3 is 17.9 Å². The number of hydrogen-bond acceptors (Lipinski definition) is 11. The van der Waals surface area contributed by atoms with Crippen molar-refractivity contribution in [2.75, 3.05) is 12.3 Å². The second-order valence-electron chi connectivity index (χ2n) is 17.7. The standard InChI is InChI=1S/C51H65N7O13S/c1-31(59)53-39(29-43(64)65)50(70)54-37(23-25-42(62)63)48(68)58-45(44(34-18-10-4-11-19-34)35-20-12-5-13-21-35)51(71)55-36(22-24-41(60)61)47(67)56-38(28-33-16-8-3-9-17-33)49(69)57-40(30-72)46(66)52-27-26-32-14-6-2-7-15-32/h2,4-7,10-15,18-21,33,36-40,44-45,72H,3,8-9,16-17,22-30H2,1H3,(H,52,66)(H,53,59)(H,54,70)(H,55,71)(H,56,67)(H,57,69)(H,58,68)(H,60,61)(H,62,63)(H,64,65)/t36-,37-,38-,39-,40-,45-/m0/s1. The quantitative estimate of drug-likeness (QED) is 0.0445. The number of benzene rings is 3. The first-order valence-electron chi connectivity index (χ1n) is 23.9. The van der Waals surface area contributed by atoms with Gasteiger partial charge in [-0.3, -0.25) is 47.9 Å². The Balaban J connectivity index is 1.70. The van der Waals surface area contributed by atoms with Crippen molar-refractivity contribution in [3.8, 4) is 0 Å². The van der Waals surface area contributed by atoms with E-state index in [-0.39, 0.29) is 24.6 Å². The molecule has 1 aliphatic rings. The Morgan fingerprint density at radius 2 is 0.986 bits per heavy atom. The van der Waals surface area contributed by atoms with Crippen LogP contribution in [0.2, 0.25) is 0 Å². The highest BCUT2D eigenvalue weighted by Gasteiger charge is 2.38. The SMILES string of the molecule is CC(=O)N[C@@H](CC(=O)O)C(=O)N[C@@H](CCC(=O)O)C(=O)N[C@H](C(=O)N[C@@H](CCC(=O)O)C(=O)N[C@@H](CC1CCCCC1)C(=O)N[C@@H](CS)C(=O)NCCc1ccccc1)C(c1ccccc1)c1ccccc1. The fraction of sp³-hybridized carbons (Fsp3) is 0.451. The fourth-order valence-electron chi connectivity index (χ4n) is 8.51. The normalized spacial score (nSPS) is 14.9. The van der Waals surface area contributed by atoms with E-state index in [0.29, 0.717) is 17.5 Å². The molecule has 0 aromatic heterocycles. The van der Waals surface area contributed by atoms with Gasteiger partial charge in [-0.1, -0.05) is 123 Å². The molecular weight excluding hydrogens is 951 g/mol. The Bertz CT molecular complexity index is 2260. The molecule has 6 atom stereocenters. The number of rotatable bonds is 29. The number of nitrogens with one attached hydrogen (secondary N) is 7. The van der Waals surface area contributed by atoms with Crippen molar-refractivity contribution in [2.24, 2.45) is 5.92 Å². The molecule has 0 spiro atoms. The van der Waals surface area contributed by atoms with E-state index in [1.807, 2.05) is 30.3 Å². The number of aliphatic carboxylic acids is 3. The van der Waals surface area contributed by atoms with Gasteiger partial charge in [0, 0.05) is 38.0 Å². The third-order valence-electron chi connectivity index (χ3n) is 12.2. The van der Waals surface area contributed by atoms with Gasteiger partial charge in [-0.25, -0.2) is 0 Å². The highest BCUT2D eigenvalue weighted by molar-refractivity contribution is 7.80. The molecule has 1 aliphatic carbocycles. The number of carboxylic acids is 3. The second kappa shape index (κ2) is 29.8. The Labute approximate surface area is 423 Å². The van der Waals surface area contributed by atoms with Crippen LogP contribution in [-0.2, 0) is 54.4 Å². The lowest BCUT2D eigenvalue weighted by Crippen LogP contribution is -2.61. The lowest BCUT2D eigenvalue weighted by molar-refractivity contribution is -0.141. The highest BCUT2D eigenvalue weighted by Crippen LogP contribution is 2.30. The third kappa shape index (κ3) is 19.5. The number of carboxylic acid groups (broad SMARTS) is 3. The van der Waals surface area contributed by atoms with Crippen LogP contribution < -0.4 is 37.2 Å². The second-order valence-corrected chi connectivity index (χ2v) is 18.1. The zero-order chi connectivity index (χ0) is 52.6. The van der Waals surface area contributed by atoms with Crippen molar-refractivity contribution in [1.29, 1.82) is 0 Å². The molecule has 1 saturated carbocycles. The maximum atomic E-state index is 15.0. The number of hydrogen-bond donors (Lipinski definition) is 11. The molecule has 4 rings (SSSR count). The van der Waals surface area contributed by atoms with Gasteiger partial charge in [0.1, 0.15) is 36.3 Å². The first kappa shape index (κ1) is 57.3. The number of carbonyl (C=O) groups is 10. The largest absolute Gasteiger partial charge is 0.481 e. The average Bonchev–Trinajstić information content (AvgIpc) is 3.35. The molecular formula is C51H65N7O13S. The molecule has 3 aromatic carbocycles. The van der Waals surface area contributed by atoms with Gasteiger partial charge in [-0.2, -0.15) is 12.6 Å². The van der Waals surface area contributed by atoms with Gasteiger partial charge in [0.05, 0.1) is 6.42 Å². The molecule has 0 heterocycles. The number of carbonyl (C=O) groups excluding carboxylic acids is 7. The molecule has 0 unspecified atom stereocenters. The molecule has 7 amide bonds. The summed E-state index contributed by atoms with van der Waals surface area (Å²) in [5.74, 6) is -11.5. The molecule has 3 aromatic rings. The zero-order valence-corrected chi connectivity index (χ0v) is 40.9. The molecule has 0 saturated heterocycles. The summed E-state index contributed by atoms with van der Waals surface area (Å²) in [5, 5.41) is 46.8. The van der Waals surface area contributed by atoms with Gasteiger partial charge in [0.15, 0.2) is 0 Å². The van der Waals surface area contributed by atoms with E-state index in [0.717, 1.165) is 44.6 Å². The number of amides is 7. The van der Waals surface area contributed by atoms with Gasteiger partial charge in [-0.05, 0) is 48.3 Å². The van der Waals surface area contributed by atoms with E-state index < -0.39 is 134 Å². The first-order chi connectivity index (χ1) is 34.4. The van der Waals surface area contributed by atoms with Gasteiger partial charge < -0.3 is 52.5 Å². The highest BCUT2D eigenvalue weighted by atomic mass is 32.1. The Kier molecular flexibility index (Phi) is 23.7. The smallest absolute Gasteiger partial charge is 0.305 e. The monoisotopic (exact) mass is 1020 g/mol. The van der Waals surface area contributed by atoms with Crippen LogP contribution in [0, 0.1) is 5.92 Å². The average molecular weight is 1020 g/mol. The minimum absolute atomic E-state index is 0.000296. The Hall–Kier alpha value is -7.29. The predicted octanol–water partition coefficient (Wildman–Crippen LogP) is 2.21. The van der Waals surface area contributed by atoms with Crippen LogP contribution in [-0.4, -0.2) is 123 Å². The minimum atomic E-state index is -1.72. The van der Waals surface area contributed by atoms with Crippen molar-refractivity contribution in [3.63, 3.8) is 0 Å².